The van der Waals surface area contributed by atoms with Crippen molar-refractivity contribution >= 4 is 29.2 Å². The molecule has 0 saturated heterocycles. The molecule has 0 spiro atoms. The number of carboxylic acid groups (broad SMARTS) is 1. The van der Waals surface area contributed by atoms with Gasteiger partial charge in [0, 0.05) is 29.3 Å². The predicted molar refractivity (Wildman–Crippen MR) is 157 cm³/mol. The Bertz CT molecular complexity index is 1290. The van der Waals surface area contributed by atoms with E-state index in [2.05, 4.69) is 50.4 Å². The monoisotopic (exact) mass is 547 g/mol. The molecule has 1 amide bonds. The van der Waals surface area contributed by atoms with Gasteiger partial charge in [0.15, 0.2) is 0 Å². The van der Waals surface area contributed by atoms with Crippen LogP contribution in [0.5, 0.6) is 0 Å². The second-order valence-electron chi connectivity index (χ2n) is 11.1. The van der Waals surface area contributed by atoms with Crippen molar-refractivity contribution in [3.05, 3.63) is 99.6 Å². The molecule has 1 aliphatic carbocycles. The Balaban J connectivity index is 1.31. The molecule has 3 aromatic rings. The maximum Gasteiger partial charge on any atom is 0.303 e. The van der Waals surface area contributed by atoms with Gasteiger partial charge >= 0.3 is 5.97 Å². The van der Waals surface area contributed by atoms with Crippen LogP contribution in [0.25, 0.3) is 0 Å². The van der Waals surface area contributed by atoms with Gasteiger partial charge in [0.2, 0.25) is 0 Å². The van der Waals surface area contributed by atoms with Gasteiger partial charge in [-0.2, -0.15) is 0 Å². The number of carbonyl (C=O) groups is 2. The number of carbonyl (C=O) groups excluding carboxylic acids is 1. The van der Waals surface area contributed by atoms with E-state index in [0.29, 0.717) is 59.6 Å². The maximum absolute atomic E-state index is 12.9. The highest BCUT2D eigenvalue weighted by atomic mass is 35.5. The highest BCUT2D eigenvalue weighted by molar-refractivity contribution is 6.31. The number of rotatable bonds is 13. The molecule has 3 unspecified atom stereocenters. The van der Waals surface area contributed by atoms with Gasteiger partial charge in [0.25, 0.3) is 5.91 Å². The number of hydrogen-bond acceptors (Lipinski definition) is 3. The van der Waals surface area contributed by atoms with Crippen LogP contribution in [0.4, 0.5) is 5.69 Å². The fourth-order valence-electron chi connectivity index (χ4n) is 5.23. The molecule has 3 aromatic carbocycles. The summed E-state index contributed by atoms with van der Waals surface area (Å²) >= 11 is 6.70. The number of ether oxygens (including phenoxy) is 1. The molecule has 6 heteroatoms. The number of hydrogen-bond donors (Lipinski definition) is 2. The largest absolute Gasteiger partial charge is 0.481 e. The molecule has 5 nitrogen and oxygen atoms in total. The molecule has 39 heavy (non-hydrogen) atoms. The number of aliphatic carboxylic acids is 1. The van der Waals surface area contributed by atoms with E-state index < -0.39 is 5.97 Å². The predicted octanol–water partition coefficient (Wildman–Crippen LogP) is 8.08. The topological polar surface area (TPSA) is 75.6 Å². The normalized spacial score (nSPS) is 17.2. The van der Waals surface area contributed by atoms with Crippen molar-refractivity contribution in [2.75, 3.05) is 11.9 Å². The third kappa shape index (κ3) is 8.17. The van der Waals surface area contributed by atoms with E-state index in [0.717, 1.165) is 24.0 Å². The molecule has 0 aromatic heterocycles. The minimum Gasteiger partial charge on any atom is -0.481 e. The summed E-state index contributed by atoms with van der Waals surface area (Å²) in [5, 5.41) is 12.3. The van der Waals surface area contributed by atoms with Crippen molar-refractivity contribution < 1.29 is 19.4 Å². The van der Waals surface area contributed by atoms with Crippen molar-refractivity contribution in [2.24, 2.45) is 11.8 Å². The molecule has 3 atom stereocenters. The first-order chi connectivity index (χ1) is 18.7. The van der Waals surface area contributed by atoms with Gasteiger partial charge in [-0.25, -0.2) is 0 Å². The van der Waals surface area contributed by atoms with Crippen molar-refractivity contribution in [3.63, 3.8) is 0 Å². The van der Waals surface area contributed by atoms with Crippen molar-refractivity contribution in [2.45, 2.75) is 64.9 Å². The molecule has 0 heterocycles. The summed E-state index contributed by atoms with van der Waals surface area (Å²) < 4.78 is 5.54. The zero-order valence-electron chi connectivity index (χ0n) is 23.0. The maximum atomic E-state index is 12.9. The molecule has 4 rings (SSSR count). The van der Waals surface area contributed by atoms with Gasteiger partial charge in [-0.3, -0.25) is 9.59 Å². The first-order valence-corrected chi connectivity index (χ1v) is 14.2. The van der Waals surface area contributed by atoms with Crippen LogP contribution in [0.2, 0.25) is 5.02 Å². The number of carboxylic acids is 1. The van der Waals surface area contributed by atoms with E-state index in [1.807, 2.05) is 30.3 Å². The highest BCUT2D eigenvalue weighted by Crippen LogP contribution is 2.56. The average Bonchev–Trinajstić information content (AvgIpc) is 3.69. The fraction of sp³-hybridized carbons (Fsp3) is 0.394. The lowest BCUT2D eigenvalue weighted by Crippen LogP contribution is -2.12. The van der Waals surface area contributed by atoms with Gasteiger partial charge in [0.1, 0.15) is 0 Å². The Hall–Kier alpha value is -3.15. The van der Waals surface area contributed by atoms with E-state index in [1.165, 1.54) is 11.1 Å². The first kappa shape index (κ1) is 28.8. The first-order valence-electron chi connectivity index (χ1n) is 13.8. The van der Waals surface area contributed by atoms with E-state index in [9.17, 15) is 9.59 Å². The van der Waals surface area contributed by atoms with Crippen LogP contribution in [0.1, 0.15) is 84.5 Å². The van der Waals surface area contributed by atoms with Crippen LogP contribution in [0, 0.1) is 11.8 Å². The summed E-state index contributed by atoms with van der Waals surface area (Å²) in [6.07, 6.45) is 2.76. The Morgan fingerprint density at radius 1 is 1.03 bits per heavy atom. The van der Waals surface area contributed by atoms with Gasteiger partial charge in [-0.15, -0.1) is 0 Å². The number of benzene rings is 3. The van der Waals surface area contributed by atoms with Crippen molar-refractivity contribution in [3.8, 4) is 0 Å². The molecule has 1 fully saturated rings. The van der Waals surface area contributed by atoms with Gasteiger partial charge in [-0.1, -0.05) is 74.8 Å². The number of nitrogens with one attached hydrogen (secondary N) is 1. The number of halogens is 1. The van der Waals surface area contributed by atoms with Crippen molar-refractivity contribution in [1.82, 2.24) is 0 Å². The van der Waals surface area contributed by atoms with Gasteiger partial charge in [0.05, 0.1) is 6.61 Å². The number of amides is 1. The molecule has 0 bridgehead atoms. The molecule has 2 N–H and O–H groups in total. The van der Waals surface area contributed by atoms with E-state index >= 15 is 0 Å². The lowest BCUT2D eigenvalue weighted by Gasteiger charge is -2.14. The van der Waals surface area contributed by atoms with Crippen molar-refractivity contribution in [1.29, 1.82) is 0 Å². The van der Waals surface area contributed by atoms with Crippen LogP contribution in [0.3, 0.4) is 0 Å². The molecule has 0 radical (unpaired) electrons. The summed E-state index contributed by atoms with van der Waals surface area (Å²) in [4.78, 5) is 23.5. The van der Waals surface area contributed by atoms with Crippen LogP contribution in [-0.2, 0) is 22.6 Å². The lowest BCUT2D eigenvalue weighted by molar-refractivity contribution is -0.137. The molecule has 206 valence electrons. The highest BCUT2D eigenvalue weighted by Gasteiger charge is 2.43. The Morgan fingerprint density at radius 2 is 1.79 bits per heavy atom. The molecule has 0 aliphatic heterocycles. The summed E-state index contributed by atoms with van der Waals surface area (Å²) in [5.41, 5.74) is 5.96. The summed E-state index contributed by atoms with van der Waals surface area (Å²) in [6, 6.07) is 22.1. The Kier molecular flexibility index (Phi) is 9.82. The molecular formula is C33H38ClNO4. The standard InChI is InChI=1S/C33H38ClNO4/c1-21(2)16-23-9-11-25(12-10-23)22(3)29-19-30(29)28-14-13-27(18-31(28)34)35-33(38)26-7-4-6-24(17-26)20-39-15-5-8-32(36)37/h4,6-7,9-14,17-18,21-22,29-30H,5,8,15-16,19-20H2,1-3H3,(H,35,38)(H,36,37). The van der Waals surface area contributed by atoms with Crippen LogP contribution in [-0.4, -0.2) is 23.6 Å². The smallest absolute Gasteiger partial charge is 0.303 e. The Labute approximate surface area is 236 Å². The summed E-state index contributed by atoms with van der Waals surface area (Å²) in [6.45, 7) is 7.48. The van der Waals surface area contributed by atoms with Gasteiger partial charge < -0.3 is 15.2 Å². The van der Waals surface area contributed by atoms with Crippen LogP contribution < -0.4 is 5.32 Å². The SMILES string of the molecule is CC(C)Cc1ccc(C(C)C2CC2c2ccc(NC(=O)c3cccc(COCCCC(=O)O)c3)cc2Cl)cc1. The second kappa shape index (κ2) is 13.3. The zero-order chi connectivity index (χ0) is 27.9. The quantitative estimate of drug-likeness (QED) is 0.212. The second-order valence-corrected chi connectivity index (χ2v) is 11.5. The molecule has 1 saturated carbocycles. The molecular weight excluding hydrogens is 510 g/mol. The average molecular weight is 548 g/mol. The number of anilines is 1. The summed E-state index contributed by atoms with van der Waals surface area (Å²) in [7, 11) is 0. The Morgan fingerprint density at radius 3 is 2.49 bits per heavy atom. The summed E-state index contributed by atoms with van der Waals surface area (Å²) in [5.74, 6) is 1.06. The fourth-order valence-corrected chi connectivity index (χ4v) is 5.55. The van der Waals surface area contributed by atoms with Crippen LogP contribution >= 0.6 is 11.6 Å². The lowest BCUT2D eigenvalue weighted by atomic mass is 9.92. The van der Waals surface area contributed by atoms with Gasteiger partial charge in [-0.05, 0) is 89.5 Å². The minimum atomic E-state index is -0.834. The third-order valence-electron chi connectivity index (χ3n) is 7.43. The van der Waals surface area contributed by atoms with E-state index in [-0.39, 0.29) is 12.3 Å². The van der Waals surface area contributed by atoms with E-state index in [4.69, 9.17) is 21.4 Å². The molecule has 1 aliphatic rings. The zero-order valence-corrected chi connectivity index (χ0v) is 23.7. The van der Waals surface area contributed by atoms with E-state index in [1.54, 1.807) is 12.1 Å². The minimum absolute atomic E-state index is 0.0799. The third-order valence-corrected chi connectivity index (χ3v) is 7.75. The van der Waals surface area contributed by atoms with Crippen LogP contribution in [0.15, 0.2) is 66.7 Å².